The zero-order valence-corrected chi connectivity index (χ0v) is 13.5. The standard InChI is InChI=1S/C17H30O4/c1-15(2,18)8-9-19-14-4-7-16(12-14)5-3-6-17(13-16)20-10-11-21-17/h14,18H,3-13H2,1-2H3/t14-,16-/m1/s1. The lowest BCUT2D eigenvalue weighted by atomic mass is 9.70. The lowest BCUT2D eigenvalue weighted by Gasteiger charge is -2.43. The number of aliphatic hydroxyl groups is 1. The van der Waals surface area contributed by atoms with E-state index in [2.05, 4.69) is 0 Å². The minimum absolute atomic E-state index is 0.278. The zero-order valence-electron chi connectivity index (χ0n) is 13.5. The van der Waals surface area contributed by atoms with Gasteiger partial charge < -0.3 is 19.3 Å². The van der Waals surface area contributed by atoms with Gasteiger partial charge >= 0.3 is 0 Å². The average Bonchev–Trinajstić information content (AvgIpc) is 2.97. The normalized spacial score (nSPS) is 35.9. The van der Waals surface area contributed by atoms with E-state index in [9.17, 15) is 5.11 Å². The summed E-state index contributed by atoms with van der Waals surface area (Å²) in [5.41, 5.74) is -0.265. The van der Waals surface area contributed by atoms with Crippen LogP contribution in [-0.4, -0.2) is 42.4 Å². The summed E-state index contributed by atoms with van der Waals surface area (Å²) in [6.45, 7) is 5.84. The van der Waals surface area contributed by atoms with Gasteiger partial charge in [-0.1, -0.05) is 0 Å². The second-order valence-corrected chi connectivity index (χ2v) is 7.94. The van der Waals surface area contributed by atoms with Crippen molar-refractivity contribution in [3.8, 4) is 0 Å². The van der Waals surface area contributed by atoms with Crippen LogP contribution in [0.1, 0.15) is 65.2 Å². The van der Waals surface area contributed by atoms with Gasteiger partial charge in [0.2, 0.25) is 0 Å². The molecule has 2 spiro atoms. The molecule has 1 N–H and O–H groups in total. The molecule has 3 fully saturated rings. The highest BCUT2D eigenvalue weighted by Gasteiger charge is 2.51. The summed E-state index contributed by atoms with van der Waals surface area (Å²) in [7, 11) is 0. The Morgan fingerprint density at radius 2 is 1.95 bits per heavy atom. The van der Waals surface area contributed by atoms with E-state index in [-0.39, 0.29) is 5.79 Å². The fourth-order valence-electron chi connectivity index (χ4n) is 4.38. The topological polar surface area (TPSA) is 47.9 Å². The van der Waals surface area contributed by atoms with Crippen molar-refractivity contribution < 1.29 is 19.3 Å². The smallest absolute Gasteiger partial charge is 0.169 e. The monoisotopic (exact) mass is 298 g/mol. The fraction of sp³-hybridized carbons (Fsp3) is 1.00. The van der Waals surface area contributed by atoms with Crippen molar-refractivity contribution in [2.24, 2.45) is 5.41 Å². The Morgan fingerprint density at radius 3 is 2.67 bits per heavy atom. The number of ether oxygens (including phenoxy) is 3. The number of hydrogen-bond acceptors (Lipinski definition) is 4. The first kappa shape index (κ1) is 15.7. The molecule has 0 amide bonds. The molecule has 0 aromatic rings. The molecular formula is C17H30O4. The van der Waals surface area contributed by atoms with Crippen LogP contribution in [0.15, 0.2) is 0 Å². The molecule has 1 aliphatic heterocycles. The molecule has 122 valence electrons. The summed E-state index contributed by atoms with van der Waals surface area (Å²) in [5, 5.41) is 9.76. The molecule has 0 unspecified atom stereocenters. The molecule has 4 heteroatoms. The number of rotatable bonds is 4. The van der Waals surface area contributed by atoms with Crippen molar-refractivity contribution in [1.29, 1.82) is 0 Å². The zero-order chi connectivity index (χ0) is 15.0. The van der Waals surface area contributed by atoms with E-state index < -0.39 is 5.60 Å². The van der Waals surface area contributed by atoms with Gasteiger partial charge in [0.1, 0.15) is 0 Å². The van der Waals surface area contributed by atoms with E-state index in [0.29, 0.717) is 24.5 Å². The second kappa shape index (κ2) is 5.80. The van der Waals surface area contributed by atoms with Crippen LogP contribution in [0.3, 0.4) is 0 Å². The lowest BCUT2D eigenvalue weighted by molar-refractivity contribution is -0.202. The predicted molar refractivity (Wildman–Crippen MR) is 80.0 cm³/mol. The van der Waals surface area contributed by atoms with Crippen molar-refractivity contribution in [2.45, 2.75) is 82.7 Å². The van der Waals surface area contributed by atoms with Crippen LogP contribution in [-0.2, 0) is 14.2 Å². The highest BCUT2D eigenvalue weighted by Crippen LogP contribution is 2.54. The molecule has 0 aromatic heterocycles. The fourth-order valence-corrected chi connectivity index (χ4v) is 4.38. The number of hydrogen-bond donors (Lipinski definition) is 1. The van der Waals surface area contributed by atoms with Crippen LogP contribution in [0, 0.1) is 5.41 Å². The van der Waals surface area contributed by atoms with Crippen molar-refractivity contribution in [1.82, 2.24) is 0 Å². The van der Waals surface area contributed by atoms with E-state index in [1.165, 1.54) is 19.3 Å². The third kappa shape index (κ3) is 3.79. The molecule has 3 rings (SSSR count). The van der Waals surface area contributed by atoms with Gasteiger partial charge in [-0.05, 0) is 57.8 Å². The van der Waals surface area contributed by atoms with Gasteiger partial charge in [-0.15, -0.1) is 0 Å². The van der Waals surface area contributed by atoms with E-state index in [1.807, 2.05) is 13.8 Å². The van der Waals surface area contributed by atoms with Crippen LogP contribution in [0.5, 0.6) is 0 Å². The summed E-state index contributed by atoms with van der Waals surface area (Å²) < 4.78 is 17.9. The predicted octanol–water partition coefficient (Wildman–Crippen LogP) is 3.02. The summed E-state index contributed by atoms with van der Waals surface area (Å²) in [5.74, 6) is -0.278. The molecule has 0 radical (unpaired) electrons. The maximum absolute atomic E-state index is 9.76. The minimum atomic E-state index is -0.628. The van der Waals surface area contributed by atoms with Gasteiger partial charge in [0, 0.05) is 19.4 Å². The SMILES string of the molecule is CC(C)(O)CCO[C@@H]1CC[C@]2(CCCC3(C2)OCCO3)C1. The summed E-state index contributed by atoms with van der Waals surface area (Å²) in [6, 6.07) is 0. The summed E-state index contributed by atoms with van der Waals surface area (Å²) in [4.78, 5) is 0. The third-order valence-electron chi connectivity index (χ3n) is 5.45. The van der Waals surface area contributed by atoms with E-state index in [4.69, 9.17) is 14.2 Å². The highest BCUT2D eigenvalue weighted by molar-refractivity contribution is 4.98. The van der Waals surface area contributed by atoms with E-state index >= 15 is 0 Å². The molecule has 0 aromatic carbocycles. The first-order chi connectivity index (χ1) is 9.91. The van der Waals surface area contributed by atoms with Crippen LogP contribution in [0.2, 0.25) is 0 Å². The van der Waals surface area contributed by atoms with Crippen LogP contribution >= 0.6 is 0 Å². The molecule has 3 aliphatic rings. The van der Waals surface area contributed by atoms with Gasteiger partial charge in [0.05, 0.1) is 24.9 Å². The van der Waals surface area contributed by atoms with Crippen LogP contribution in [0.4, 0.5) is 0 Å². The van der Waals surface area contributed by atoms with Crippen LogP contribution < -0.4 is 0 Å². The molecule has 0 bridgehead atoms. The van der Waals surface area contributed by atoms with Gasteiger partial charge in [0.15, 0.2) is 5.79 Å². The Bertz CT molecular complexity index is 356. The average molecular weight is 298 g/mol. The van der Waals surface area contributed by atoms with Crippen molar-refractivity contribution in [2.75, 3.05) is 19.8 Å². The van der Waals surface area contributed by atoms with Crippen molar-refractivity contribution in [3.63, 3.8) is 0 Å². The largest absolute Gasteiger partial charge is 0.390 e. The summed E-state index contributed by atoms with van der Waals surface area (Å²) >= 11 is 0. The molecule has 1 heterocycles. The van der Waals surface area contributed by atoms with Gasteiger partial charge in [-0.2, -0.15) is 0 Å². The molecular weight excluding hydrogens is 268 g/mol. The molecule has 1 saturated heterocycles. The van der Waals surface area contributed by atoms with Gasteiger partial charge in [0.25, 0.3) is 0 Å². The lowest BCUT2D eigenvalue weighted by Crippen LogP contribution is -2.41. The first-order valence-corrected chi connectivity index (χ1v) is 8.52. The Kier molecular flexibility index (Phi) is 4.34. The molecule has 21 heavy (non-hydrogen) atoms. The minimum Gasteiger partial charge on any atom is -0.390 e. The van der Waals surface area contributed by atoms with Gasteiger partial charge in [-0.25, -0.2) is 0 Å². The molecule has 4 nitrogen and oxygen atoms in total. The van der Waals surface area contributed by atoms with Gasteiger partial charge in [-0.3, -0.25) is 0 Å². The maximum Gasteiger partial charge on any atom is 0.169 e. The summed E-state index contributed by atoms with van der Waals surface area (Å²) in [6.07, 6.45) is 9.15. The Labute approximate surface area is 128 Å². The molecule has 2 saturated carbocycles. The van der Waals surface area contributed by atoms with Crippen LogP contribution in [0.25, 0.3) is 0 Å². The molecule has 2 atom stereocenters. The van der Waals surface area contributed by atoms with Crippen molar-refractivity contribution in [3.05, 3.63) is 0 Å². The Morgan fingerprint density at radius 1 is 1.19 bits per heavy atom. The maximum atomic E-state index is 9.76. The first-order valence-electron chi connectivity index (χ1n) is 8.52. The Hall–Kier alpha value is -0.160. The van der Waals surface area contributed by atoms with E-state index in [0.717, 1.165) is 38.9 Å². The van der Waals surface area contributed by atoms with Crippen molar-refractivity contribution >= 4 is 0 Å². The second-order valence-electron chi connectivity index (χ2n) is 7.94. The quantitative estimate of drug-likeness (QED) is 0.866. The third-order valence-corrected chi connectivity index (χ3v) is 5.45. The molecule has 2 aliphatic carbocycles. The van der Waals surface area contributed by atoms with E-state index in [1.54, 1.807) is 0 Å². The Balaban J connectivity index is 1.51. The highest BCUT2D eigenvalue weighted by atomic mass is 16.7.